The molecule has 3 heterocycles. The van der Waals surface area contributed by atoms with E-state index in [0.29, 0.717) is 18.5 Å². The monoisotopic (exact) mass is 486 g/mol. The molecule has 2 fully saturated rings. The lowest BCUT2D eigenvalue weighted by Gasteiger charge is -2.39. The number of carbonyl (C=O) groups is 2. The Hall–Kier alpha value is -2.49. The molecule has 1 aromatic carbocycles. The molecule has 1 saturated carbocycles. The minimum Gasteiger partial charge on any atom is -0.489 e. The first kappa shape index (κ1) is 24.2. The Labute approximate surface area is 205 Å². The summed E-state index contributed by atoms with van der Waals surface area (Å²) in [6.45, 7) is 2.63. The highest BCUT2D eigenvalue weighted by Gasteiger charge is 2.41. The molecule has 35 heavy (non-hydrogen) atoms. The summed E-state index contributed by atoms with van der Waals surface area (Å²) in [5, 5.41) is 14.0. The molecule has 190 valence electrons. The van der Waals surface area contributed by atoms with Gasteiger partial charge in [-0.25, -0.2) is 4.79 Å². The normalized spacial score (nSPS) is 28.5. The predicted octanol–water partition coefficient (Wildman–Crippen LogP) is 0.844. The largest absolute Gasteiger partial charge is 0.489 e. The number of aliphatic hydroxyl groups is 1. The molecule has 2 amide bonds. The second-order valence-electron chi connectivity index (χ2n) is 10.2. The number of amides is 2. The molecule has 0 radical (unpaired) electrons. The van der Waals surface area contributed by atoms with Gasteiger partial charge in [0, 0.05) is 57.9 Å². The summed E-state index contributed by atoms with van der Waals surface area (Å²) < 4.78 is 17.9. The van der Waals surface area contributed by atoms with Crippen molar-refractivity contribution < 1.29 is 33.9 Å². The van der Waals surface area contributed by atoms with Crippen molar-refractivity contribution in [3.8, 4) is 5.75 Å². The Bertz CT molecular complexity index is 989. The van der Waals surface area contributed by atoms with Gasteiger partial charge in [-0.1, -0.05) is 6.42 Å². The van der Waals surface area contributed by atoms with E-state index in [-0.39, 0.29) is 41.9 Å². The number of hydrogen-bond acceptors (Lipinski definition) is 6. The van der Waals surface area contributed by atoms with E-state index in [1.807, 2.05) is 18.2 Å². The average molecular weight is 487 g/mol. The molecule has 1 saturated heterocycles. The van der Waals surface area contributed by atoms with Crippen LogP contribution in [0.5, 0.6) is 5.75 Å². The first-order chi connectivity index (χ1) is 17.0. The molecule has 3 unspecified atom stereocenters. The lowest BCUT2D eigenvalue weighted by Crippen LogP contribution is -2.82. The van der Waals surface area contributed by atoms with E-state index in [1.54, 1.807) is 12.0 Å². The fourth-order valence-corrected chi connectivity index (χ4v) is 5.80. The Balaban J connectivity index is 1.25. The van der Waals surface area contributed by atoms with E-state index in [2.05, 4.69) is 10.3 Å². The van der Waals surface area contributed by atoms with Crippen LogP contribution in [0.3, 0.4) is 0 Å². The summed E-state index contributed by atoms with van der Waals surface area (Å²) in [6.07, 6.45) is 6.88. The molecule has 9 heteroatoms. The maximum absolute atomic E-state index is 13.0. The zero-order chi connectivity index (χ0) is 24.4. The number of rotatable bonds is 7. The van der Waals surface area contributed by atoms with Gasteiger partial charge in [0.1, 0.15) is 11.9 Å². The first-order valence-electron chi connectivity index (χ1n) is 12.8. The topological polar surface area (TPSA) is 111 Å². The summed E-state index contributed by atoms with van der Waals surface area (Å²) in [5.41, 5.74) is 1.33. The van der Waals surface area contributed by atoms with Crippen LogP contribution in [0, 0.1) is 0 Å². The van der Waals surface area contributed by atoms with Gasteiger partial charge in [-0.15, -0.1) is 4.99 Å². The summed E-state index contributed by atoms with van der Waals surface area (Å²) in [6, 6.07) is 5.38. The average Bonchev–Trinajstić information content (AvgIpc) is 3.19. The number of benzene rings is 1. The zero-order valence-corrected chi connectivity index (χ0v) is 20.4. The molecule has 9 nitrogen and oxygen atoms in total. The van der Waals surface area contributed by atoms with Gasteiger partial charge >= 0.3 is 11.8 Å². The number of carbonyl (C=O) groups excluding carboxylic acids is 2. The van der Waals surface area contributed by atoms with Crippen LogP contribution < -0.4 is 15.0 Å². The fourth-order valence-electron chi connectivity index (χ4n) is 5.80. The van der Waals surface area contributed by atoms with Crippen molar-refractivity contribution in [1.82, 2.24) is 10.2 Å². The smallest absolute Gasteiger partial charge is 0.388 e. The van der Waals surface area contributed by atoms with Crippen molar-refractivity contribution in [1.29, 1.82) is 0 Å². The van der Waals surface area contributed by atoms with Crippen LogP contribution in [0.4, 0.5) is 0 Å². The first-order valence-corrected chi connectivity index (χ1v) is 12.8. The number of ether oxygens (including phenoxy) is 3. The van der Waals surface area contributed by atoms with Gasteiger partial charge in [-0.05, 0) is 49.4 Å². The molecule has 0 spiro atoms. The quantitative estimate of drug-likeness (QED) is 0.524. The standard InChI is InChI=1S/C26H35N3O6/c1-33-26(10-12-34-13-11-26)16-27-20-4-2-3-5-22(20)35-18-6-7-19-17(14-18)15-29(25(19)32)21-8-9-23(30)28-24(21)31/h6-7,14,20-22,27H,2-5,8-13,15-16H2,1H3,(H,28,30,31)/p+1. The van der Waals surface area contributed by atoms with Crippen LogP contribution in [0.15, 0.2) is 18.2 Å². The number of aliphatic hydroxyl groups excluding tert-OH is 1. The highest BCUT2D eigenvalue weighted by Crippen LogP contribution is 2.32. The summed E-state index contributed by atoms with van der Waals surface area (Å²) in [5.74, 6) is 0.267. The van der Waals surface area contributed by atoms with Crippen LogP contribution >= 0.6 is 0 Å². The van der Waals surface area contributed by atoms with Crippen molar-refractivity contribution in [2.45, 2.75) is 81.7 Å². The second-order valence-corrected chi connectivity index (χ2v) is 10.2. The number of methoxy groups -OCH3 is 1. The number of nitrogens with one attached hydrogen (secondary N) is 2. The van der Waals surface area contributed by atoms with Gasteiger partial charge < -0.3 is 29.5 Å². The maximum atomic E-state index is 13.0. The van der Waals surface area contributed by atoms with Gasteiger partial charge in [-0.2, -0.15) is 0 Å². The van der Waals surface area contributed by atoms with E-state index in [9.17, 15) is 14.7 Å². The lowest BCUT2D eigenvalue weighted by molar-refractivity contribution is -0.394. The maximum Gasteiger partial charge on any atom is 0.388 e. The van der Waals surface area contributed by atoms with E-state index < -0.39 is 6.04 Å². The molecular formula is C26H36N3O6+. The second kappa shape index (κ2) is 10.2. The van der Waals surface area contributed by atoms with Gasteiger partial charge in [0.2, 0.25) is 0 Å². The third kappa shape index (κ3) is 5.08. The molecule has 3 N–H and O–H groups in total. The third-order valence-electron chi connectivity index (χ3n) is 8.03. The minimum absolute atomic E-state index is 0.0506. The van der Waals surface area contributed by atoms with Gasteiger partial charge in [0.25, 0.3) is 5.91 Å². The zero-order valence-electron chi connectivity index (χ0n) is 20.4. The molecule has 5 rings (SSSR count). The van der Waals surface area contributed by atoms with Crippen molar-refractivity contribution in [3.05, 3.63) is 29.3 Å². The Kier molecular flexibility index (Phi) is 7.09. The molecular weight excluding hydrogens is 450 g/mol. The molecule has 0 bridgehead atoms. The van der Waals surface area contributed by atoms with E-state index in [1.165, 1.54) is 6.42 Å². The van der Waals surface area contributed by atoms with E-state index in [4.69, 9.17) is 14.2 Å². The van der Waals surface area contributed by atoms with E-state index >= 15 is 0 Å². The van der Waals surface area contributed by atoms with Crippen molar-refractivity contribution >= 4 is 17.7 Å². The van der Waals surface area contributed by atoms with Crippen molar-refractivity contribution in [3.63, 3.8) is 0 Å². The van der Waals surface area contributed by atoms with Gasteiger partial charge in [0.05, 0.1) is 12.0 Å². The lowest BCUT2D eigenvalue weighted by atomic mass is 9.89. The Morgan fingerprint density at radius 2 is 2.00 bits per heavy atom. The van der Waals surface area contributed by atoms with Crippen LogP contribution in [-0.4, -0.2) is 78.4 Å². The number of nitrogens with zero attached hydrogens (tertiary/aromatic N) is 1. The molecule has 0 aromatic heterocycles. The fraction of sp³-hybridized carbons (Fsp3) is 0.654. The van der Waals surface area contributed by atoms with E-state index in [0.717, 1.165) is 63.2 Å². The summed E-state index contributed by atoms with van der Waals surface area (Å²) in [7, 11) is 1.79. The Morgan fingerprint density at radius 1 is 1.20 bits per heavy atom. The Morgan fingerprint density at radius 3 is 2.77 bits per heavy atom. The molecule has 1 aliphatic carbocycles. The summed E-state index contributed by atoms with van der Waals surface area (Å²) in [4.78, 5) is 28.6. The number of fused-ring (bicyclic) bond motifs is 1. The van der Waals surface area contributed by atoms with Crippen molar-refractivity contribution in [2.75, 3.05) is 26.9 Å². The van der Waals surface area contributed by atoms with Crippen LogP contribution in [-0.2, 0) is 20.8 Å². The minimum atomic E-state index is -0.498. The highest BCUT2D eigenvalue weighted by molar-refractivity contribution is 6.01. The SMILES string of the molecule is COC1(CNC2CCCCC2Oc2ccc3c(c2)CN(C2CCC(=O)[NH+]=C2O)C3=O)CCOCC1. The highest BCUT2D eigenvalue weighted by atomic mass is 16.5. The van der Waals surface area contributed by atoms with Gasteiger partial charge in [0.15, 0.2) is 6.04 Å². The van der Waals surface area contributed by atoms with Gasteiger partial charge in [-0.3, -0.25) is 4.79 Å². The van der Waals surface area contributed by atoms with Crippen LogP contribution in [0.2, 0.25) is 0 Å². The van der Waals surface area contributed by atoms with Crippen molar-refractivity contribution in [2.24, 2.45) is 0 Å². The molecule has 4 aliphatic rings. The van der Waals surface area contributed by atoms with Crippen LogP contribution in [0.25, 0.3) is 0 Å². The molecule has 1 aromatic rings. The number of hydrogen-bond donors (Lipinski definition) is 3. The predicted molar refractivity (Wildman–Crippen MR) is 127 cm³/mol. The molecule has 3 atom stereocenters. The third-order valence-corrected chi connectivity index (χ3v) is 8.03. The van der Waals surface area contributed by atoms with Crippen LogP contribution in [0.1, 0.15) is 67.3 Å². The molecule has 3 aliphatic heterocycles. The summed E-state index contributed by atoms with van der Waals surface area (Å²) >= 11 is 0.